The number of thioether (sulfide) groups is 1. The molecule has 0 unspecified atom stereocenters. The fourth-order valence-electron chi connectivity index (χ4n) is 4.38. The molecule has 1 aromatic heterocycles. The lowest BCUT2D eigenvalue weighted by molar-refractivity contribution is -0.149. The predicted octanol–water partition coefficient (Wildman–Crippen LogP) is 5.19. The first-order chi connectivity index (χ1) is 18.4. The van der Waals surface area contributed by atoms with Crippen LogP contribution in [0.1, 0.15) is 55.9 Å². The molecule has 0 radical (unpaired) electrons. The average Bonchev–Trinajstić information content (AvgIpc) is 3.58. The summed E-state index contributed by atoms with van der Waals surface area (Å²) in [5, 5.41) is 6.68. The number of aromatic nitrogens is 1. The largest absolute Gasteiger partial charge is 0.490 e. The highest BCUT2D eigenvalue weighted by Crippen LogP contribution is 2.34. The van der Waals surface area contributed by atoms with Gasteiger partial charge in [0, 0.05) is 12.1 Å². The normalized spacial score (nSPS) is 23.4. The lowest BCUT2D eigenvalue weighted by Crippen LogP contribution is -2.29. The summed E-state index contributed by atoms with van der Waals surface area (Å²) in [6, 6.07) is 5.72. The molecule has 2 aromatic rings. The van der Waals surface area contributed by atoms with Gasteiger partial charge in [-0.05, 0) is 94.0 Å². The molecule has 200 valence electrons. The molecule has 1 aliphatic heterocycles. The summed E-state index contributed by atoms with van der Waals surface area (Å²) in [5.74, 6) is 0.534. The molecule has 3 fully saturated rings. The van der Waals surface area contributed by atoms with E-state index in [9.17, 15) is 14.4 Å². The van der Waals surface area contributed by atoms with Crippen LogP contribution < -0.4 is 15.4 Å². The molecule has 11 heteroatoms. The highest BCUT2D eigenvalue weighted by molar-refractivity contribution is 8.18. The molecule has 1 aromatic carbocycles. The molecular weight excluding hydrogens is 524 g/mol. The van der Waals surface area contributed by atoms with E-state index in [1.165, 1.54) is 23.1 Å². The van der Waals surface area contributed by atoms with Crippen LogP contribution in [-0.2, 0) is 19.1 Å². The number of aliphatic imine (C=N–C) groups is 1. The zero-order valence-corrected chi connectivity index (χ0v) is 23.0. The number of aryl methyl sites for hydroxylation is 1. The second kappa shape index (κ2) is 11.7. The number of amides is 2. The number of carbonyl (C=O) groups is 3. The molecule has 2 aliphatic carbocycles. The van der Waals surface area contributed by atoms with Gasteiger partial charge in [-0.3, -0.25) is 14.4 Å². The summed E-state index contributed by atoms with van der Waals surface area (Å²) in [6.45, 7) is 4.20. The average molecular weight is 555 g/mol. The van der Waals surface area contributed by atoms with Crippen molar-refractivity contribution >= 4 is 62.9 Å². The maximum absolute atomic E-state index is 12.5. The maximum Gasteiger partial charge on any atom is 0.308 e. The summed E-state index contributed by atoms with van der Waals surface area (Å²) in [4.78, 5) is 46.6. The van der Waals surface area contributed by atoms with E-state index in [1.807, 2.05) is 32.0 Å². The summed E-state index contributed by atoms with van der Waals surface area (Å²) < 4.78 is 11.3. The number of rotatable bonds is 8. The molecular formula is C27H30N4O5S2. The van der Waals surface area contributed by atoms with Gasteiger partial charge >= 0.3 is 5.97 Å². The van der Waals surface area contributed by atoms with Gasteiger partial charge in [-0.15, -0.1) is 0 Å². The smallest absolute Gasteiger partial charge is 0.308 e. The third-order valence-electron chi connectivity index (χ3n) is 6.61. The molecule has 5 rings (SSSR count). The van der Waals surface area contributed by atoms with Crippen LogP contribution in [0.25, 0.3) is 6.08 Å². The minimum Gasteiger partial charge on any atom is -0.490 e. The van der Waals surface area contributed by atoms with Crippen molar-refractivity contribution in [2.24, 2.45) is 16.8 Å². The van der Waals surface area contributed by atoms with Crippen molar-refractivity contribution in [2.75, 3.05) is 11.9 Å². The Morgan fingerprint density at radius 2 is 1.95 bits per heavy atom. The molecule has 2 amide bonds. The van der Waals surface area contributed by atoms with Gasteiger partial charge in [-0.2, -0.15) is 0 Å². The standard InChI is InChI=1S/C27H30N4O5S2/c1-3-35-25(34)17-6-8-18(9-7-17)36-19-10-11-21(15(2)12-19)29-27-31-24(33)22(38-27)13-20-14-28-26(37-20)30-23(32)16-4-5-16/h10-14,16-18H,3-9H2,1-2H3,(H,28,30,32)(H,29,31,33). The fraction of sp³-hybridized carbons (Fsp3) is 0.444. The first-order valence-corrected chi connectivity index (χ1v) is 14.5. The Balaban J connectivity index is 1.17. The first-order valence-electron chi connectivity index (χ1n) is 12.9. The third-order valence-corrected chi connectivity index (χ3v) is 8.38. The van der Waals surface area contributed by atoms with E-state index in [2.05, 4.69) is 20.6 Å². The van der Waals surface area contributed by atoms with Gasteiger partial charge in [0.2, 0.25) is 5.91 Å². The van der Waals surface area contributed by atoms with Crippen molar-refractivity contribution in [1.29, 1.82) is 0 Å². The maximum atomic E-state index is 12.5. The summed E-state index contributed by atoms with van der Waals surface area (Å²) in [5.41, 5.74) is 1.68. The third kappa shape index (κ3) is 6.63. The Labute approximate surface area is 229 Å². The summed E-state index contributed by atoms with van der Waals surface area (Å²) >= 11 is 2.60. The van der Waals surface area contributed by atoms with Crippen molar-refractivity contribution < 1.29 is 23.9 Å². The van der Waals surface area contributed by atoms with Crippen LogP contribution in [0.4, 0.5) is 10.8 Å². The quantitative estimate of drug-likeness (QED) is 0.340. The molecule has 2 heterocycles. The van der Waals surface area contributed by atoms with E-state index in [4.69, 9.17) is 9.47 Å². The highest BCUT2D eigenvalue weighted by atomic mass is 32.2. The minimum absolute atomic E-state index is 0.00845. The van der Waals surface area contributed by atoms with Crippen molar-refractivity contribution in [3.63, 3.8) is 0 Å². The monoisotopic (exact) mass is 554 g/mol. The second-order valence-corrected chi connectivity index (χ2v) is 11.7. The lowest BCUT2D eigenvalue weighted by Gasteiger charge is -2.27. The molecule has 0 spiro atoms. The molecule has 1 saturated heterocycles. The molecule has 3 aliphatic rings. The predicted molar refractivity (Wildman–Crippen MR) is 148 cm³/mol. The lowest BCUT2D eigenvalue weighted by atomic mass is 9.87. The first kappa shape index (κ1) is 26.4. The molecule has 9 nitrogen and oxygen atoms in total. The molecule has 2 N–H and O–H groups in total. The molecule has 2 saturated carbocycles. The van der Waals surface area contributed by atoms with Gasteiger partial charge in [0.25, 0.3) is 5.91 Å². The van der Waals surface area contributed by atoms with Crippen LogP contribution in [-0.4, -0.2) is 40.6 Å². The van der Waals surface area contributed by atoms with Crippen molar-refractivity contribution in [3.05, 3.63) is 39.7 Å². The van der Waals surface area contributed by atoms with E-state index in [0.29, 0.717) is 21.8 Å². The molecule has 0 bridgehead atoms. The van der Waals surface area contributed by atoms with Gasteiger partial charge < -0.3 is 20.1 Å². The van der Waals surface area contributed by atoms with Gasteiger partial charge in [-0.25, -0.2) is 9.98 Å². The van der Waals surface area contributed by atoms with E-state index < -0.39 is 0 Å². The number of nitrogens with zero attached hydrogens (tertiary/aromatic N) is 2. The minimum atomic E-state index is -0.221. The van der Waals surface area contributed by atoms with Gasteiger partial charge in [-0.1, -0.05) is 11.3 Å². The Hall–Kier alpha value is -3.18. The molecule has 0 atom stereocenters. The zero-order valence-electron chi connectivity index (χ0n) is 21.3. The fourth-order valence-corrected chi connectivity index (χ4v) is 6.04. The Morgan fingerprint density at radius 3 is 2.66 bits per heavy atom. The Morgan fingerprint density at radius 1 is 1.18 bits per heavy atom. The van der Waals surface area contributed by atoms with E-state index in [-0.39, 0.29) is 35.7 Å². The Bertz CT molecular complexity index is 1290. The van der Waals surface area contributed by atoms with Crippen molar-refractivity contribution in [2.45, 2.75) is 58.5 Å². The van der Waals surface area contributed by atoms with Crippen LogP contribution >= 0.6 is 23.1 Å². The SMILES string of the molecule is CCOC(=O)C1CCC(Oc2ccc(N=C3NC(=O)C(=Cc4cnc(NC(=O)C5CC5)s4)S3)c(C)c2)CC1. The van der Waals surface area contributed by atoms with Gasteiger partial charge in [0.1, 0.15) is 5.75 Å². The number of anilines is 1. The van der Waals surface area contributed by atoms with Crippen LogP contribution in [0.15, 0.2) is 34.3 Å². The number of esters is 1. The number of nitrogens with one attached hydrogen (secondary N) is 2. The van der Waals surface area contributed by atoms with Gasteiger partial charge in [0.05, 0.1) is 34.1 Å². The second-order valence-electron chi connectivity index (χ2n) is 9.60. The van der Waals surface area contributed by atoms with Crippen LogP contribution in [0.5, 0.6) is 5.75 Å². The highest BCUT2D eigenvalue weighted by Gasteiger charge is 2.30. The number of carbonyl (C=O) groups excluding carboxylic acids is 3. The van der Waals surface area contributed by atoms with Crippen molar-refractivity contribution in [1.82, 2.24) is 10.3 Å². The van der Waals surface area contributed by atoms with Gasteiger partial charge in [0.15, 0.2) is 10.3 Å². The summed E-state index contributed by atoms with van der Waals surface area (Å²) in [6.07, 6.45) is 8.53. The number of hydrogen-bond donors (Lipinski definition) is 2. The number of benzene rings is 1. The number of thiazole rings is 1. The van der Waals surface area contributed by atoms with E-state index in [0.717, 1.165) is 60.4 Å². The van der Waals surface area contributed by atoms with Crippen LogP contribution in [0, 0.1) is 18.8 Å². The summed E-state index contributed by atoms with van der Waals surface area (Å²) in [7, 11) is 0. The van der Waals surface area contributed by atoms with E-state index in [1.54, 1.807) is 12.3 Å². The van der Waals surface area contributed by atoms with Crippen molar-refractivity contribution in [3.8, 4) is 5.75 Å². The zero-order chi connectivity index (χ0) is 26.6. The number of hydrogen-bond acceptors (Lipinski definition) is 9. The van der Waals surface area contributed by atoms with Crippen LogP contribution in [0.3, 0.4) is 0 Å². The molecule has 38 heavy (non-hydrogen) atoms. The number of amidine groups is 1. The Kier molecular flexibility index (Phi) is 8.13. The number of ether oxygens (including phenoxy) is 2. The topological polar surface area (TPSA) is 119 Å². The van der Waals surface area contributed by atoms with E-state index >= 15 is 0 Å². The van der Waals surface area contributed by atoms with Crippen LogP contribution in [0.2, 0.25) is 0 Å².